The minimum atomic E-state index is -0.660. The molecule has 33 heavy (non-hydrogen) atoms. The van der Waals surface area contributed by atoms with Gasteiger partial charge >= 0.3 is 0 Å². The van der Waals surface area contributed by atoms with Crippen molar-refractivity contribution in [1.82, 2.24) is 10.2 Å². The highest BCUT2D eigenvalue weighted by atomic mass is 35.5. The van der Waals surface area contributed by atoms with Crippen molar-refractivity contribution in [2.75, 3.05) is 6.61 Å². The average Bonchev–Trinajstić information content (AvgIpc) is 3.38. The van der Waals surface area contributed by atoms with Crippen LogP contribution in [0.4, 0.5) is 0 Å². The van der Waals surface area contributed by atoms with Crippen molar-refractivity contribution < 1.29 is 14.3 Å². The number of nitrogens with one attached hydrogen (secondary N) is 1. The summed E-state index contributed by atoms with van der Waals surface area (Å²) in [6.45, 7) is 4.76. The molecule has 1 aliphatic heterocycles. The van der Waals surface area contributed by atoms with E-state index in [1.54, 1.807) is 6.08 Å². The van der Waals surface area contributed by atoms with Gasteiger partial charge in [0.05, 0.1) is 16.6 Å². The topological polar surface area (TPSA) is 85.2 Å². The second kappa shape index (κ2) is 10.5. The summed E-state index contributed by atoms with van der Waals surface area (Å²) in [5.74, 6) is 0.433. The maximum atomic E-state index is 13.0. The van der Waals surface area contributed by atoms with E-state index >= 15 is 0 Å². The highest BCUT2D eigenvalue weighted by molar-refractivity contribution is 8.19. The van der Waals surface area contributed by atoms with Crippen molar-refractivity contribution in [3.63, 3.8) is 0 Å². The zero-order valence-corrected chi connectivity index (χ0v) is 20.5. The molecule has 9 heteroatoms. The number of rotatable bonds is 8. The summed E-state index contributed by atoms with van der Waals surface area (Å²) in [6.07, 6.45) is 2.54. The molecule has 1 aliphatic rings. The molecular formula is C24H22ClN3O3S2. The third kappa shape index (κ3) is 5.46. The first-order chi connectivity index (χ1) is 16.0. The molecule has 0 radical (unpaired) electrons. The van der Waals surface area contributed by atoms with Crippen LogP contribution in [-0.2, 0) is 17.8 Å². The van der Waals surface area contributed by atoms with Crippen LogP contribution in [0, 0.1) is 5.41 Å². The number of ketones is 1. The van der Waals surface area contributed by atoms with Crippen LogP contribution in [-0.4, -0.2) is 27.6 Å². The molecule has 1 fully saturated rings. The van der Waals surface area contributed by atoms with Crippen LogP contribution in [0.1, 0.15) is 40.9 Å². The predicted octanol–water partition coefficient (Wildman–Crippen LogP) is 6.15. The molecule has 2 heterocycles. The SMILES string of the molecule is CCOc1cc(/C=C2\SC(=N)[C@@H](c3nnc(CC)s3)C2=O)ccc1OCc1ccc(Cl)cc1. The van der Waals surface area contributed by atoms with Gasteiger partial charge in [-0.1, -0.05) is 48.5 Å². The number of nitrogens with zero attached hydrogens (tertiary/aromatic N) is 2. The predicted molar refractivity (Wildman–Crippen MR) is 134 cm³/mol. The second-order valence-electron chi connectivity index (χ2n) is 7.21. The van der Waals surface area contributed by atoms with Gasteiger partial charge in [-0.05, 0) is 54.8 Å². The zero-order chi connectivity index (χ0) is 23.4. The smallest absolute Gasteiger partial charge is 0.186 e. The monoisotopic (exact) mass is 499 g/mol. The van der Waals surface area contributed by atoms with Gasteiger partial charge in [0.2, 0.25) is 0 Å². The van der Waals surface area contributed by atoms with E-state index in [-0.39, 0.29) is 10.8 Å². The molecule has 0 aliphatic carbocycles. The zero-order valence-electron chi connectivity index (χ0n) is 18.1. The van der Waals surface area contributed by atoms with E-state index in [4.69, 9.17) is 26.5 Å². The number of hydrogen-bond acceptors (Lipinski definition) is 8. The summed E-state index contributed by atoms with van der Waals surface area (Å²) in [7, 11) is 0. The second-order valence-corrected chi connectivity index (χ2v) is 9.83. The third-order valence-corrected chi connectivity index (χ3v) is 7.27. The molecule has 1 aromatic heterocycles. The lowest BCUT2D eigenvalue weighted by molar-refractivity contribution is -0.114. The standard InChI is InChI=1S/C24H22ClN3O3S2/c1-3-20-27-28-24(33-20)21-22(29)19(32-23(21)26)12-15-7-10-17(18(11-15)30-4-2)31-13-14-5-8-16(25)9-6-14/h5-12,21,26H,3-4,13H2,1-2H3/b19-12-,26-23?/t21-/m0/s1. The van der Waals surface area contributed by atoms with E-state index in [1.807, 2.05) is 56.3 Å². The lowest BCUT2D eigenvalue weighted by atomic mass is 10.1. The third-order valence-electron chi connectivity index (χ3n) is 4.89. The van der Waals surface area contributed by atoms with E-state index in [1.165, 1.54) is 23.1 Å². The minimum Gasteiger partial charge on any atom is -0.490 e. The molecule has 6 nitrogen and oxygen atoms in total. The summed E-state index contributed by atoms with van der Waals surface area (Å²) < 4.78 is 11.7. The molecular weight excluding hydrogens is 478 g/mol. The quantitative estimate of drug-likeness (QED) is 0.374. The summed E-state index contributed by atoms with van der Waals surface area (Å²) in [5, 5.41) is 18.9. The van der Waals surface area contributed by atoms with E-state index < -0.39 is 5.92 Å². The Bertz CT molecular complexity index is 1210. The van der Waals surface area contributed by atoms with Crippen molar-refractivity contribution in [2.24, 2.45) is 0 Å². The number of thioether (sulfide) groups is 1. The normalized spacial score (nSPS) is 17.1. The van der Waals surface area contributed by atoms with E-state index in [9.17, 15) is 4.79 Å². The summed E-state index contributed by atoms with van der Waals surface area (Å²) in [6, 6.07) is 13.0. The van der Waals surface area contributed by atoms with Crippen LogP contribution in [0.15, 0.2) is 47.4 Å². The molecule has 1 atom stereocenters. The van der Waals surface area contributed by atoms with Gasteiger partial charge in [0.1, 0.15) is 22.5 Å². The van der Waals surface area contributed by atoms with Gasteiger partial charge in [-0.2, -0.15) is 0 Å². The van der Waals surface area contributed by atoms with Crippen LogP contribution < -0.4 is 9.47 Å². The molecule has 2 aromatic carbocycles. The Labute approximate surface area is 205 Å². The lowest BCUT2D eigenvalue weighted by Gasteiger charge is -2.13. The maximum Gasteiger partial charge on any atom is 0.186 e. The summed E-state index contributed by atoms with van der Waals surface area (Å²) in [4.78, 5) is 13.5. The average molecular weight is 500 g/mol. The molecule has 0 saturated carbocycles. The Morgan fingerprint density at radius 1 is 1.09 bits per heavy atom. The van der Waals surface area contributed by atoms with Crippen molar-refractivity contribution >= 4 is 51.6 Å². The Balaban J connectivity index is 1.53. The number of benzene rings is 2. The largest absolute Gasteiger partial charge is 0.490 e. The molecule has 170 valence electrons. The van der Waals surface area contributed by atoms with Gasteiger partial charge in [-0.25, -0.2) is 0 Å². The van der Waals surface area contributed by atoms with E-state index in [2.05, 4.69) is 10.2 Å². The summed E-state index contributed by atoms with van der Waals surface area (Å²) in [5.41, 5.74) is 1.79. The minimum absolute atomic E-state index is 0.121. The number of aryl methyl sites for hydroxylation is 1. The molecule has 0 bridgehead atoms. The molecule has 4 rings (SSSR count). The Hall–Kier alpha value is -2.68. The highest BCUT2D eigenvalue weighted by Crippen LogP contribution is 2.42. The van der Waals surface area contributed by atoms with Crippen molar-refractivity contribution in [3.05, 3.63) is 73.5 Å². The first kappa shape index (κ1) is 23.5. The fourth-order valence-electron chi connectivity index (χ4n) is 3.24. The number of halogens is 1. The van der Waals surface area contributed by atoms with Crippen LogP contribution >= 0.6 is 34.7 Å². The van der Waals surface area contributed by atoms with Gasteiger partial charge < -0.3 is 9.47 Å². The molecule has 0 unspecified atom stereocenters. The molecule has 3 aromatic rings. The molecule has 1 saturated heterocycles. The number of Topliss-reactive ketones (excluding diaryl/α,β-unsaturated/α-hetero) is 1. The van der Waals surface area contributed by atoms with Crippen molar-refractivity contribution in [3.8, 4) is 11.5 Å². The van der Waals surface area contributed by atoms with E-state index in [0.29, 0.717) is 39.6 Å². The fraction of sp³-hybridized carbons (Fsp3) is 0.250. The van der Waals surface area contributed by atoms with Crippen LogP contribution in [0.2, 0.25) is 5.02 Å². The molecule has 1 N–H and O–H groups in total. The highest BCUT2D eigenvalue weighted by Gasteiger charge is 2.39. The van der Waals surface area contributed by atoms with Crippen LogP contribution in [0.25, 0.3) is 6.08 Å². The first-order valence-electron chi connectivity index (χ1n) is 10.5. The fourth-order valence-corrected chi connectivity index (χ4v) is 5.31. The van der Waals surface area contributed by atoms with Crippen LogP contribution in [0.5, 0.6) is 11.5 Å². The van der Waals surface area contributed by atoms with Gasteiger partial charge in [-0.15, -0.1) is 21.5 Å². The number of carbonyl (C=O) groups is 1. The van der Waals surface area contributed by atoms with Gasteiger partial charge in [0.25, 0.3) is 0 Å². The van der Waals surface area contributed by atoms with Gasteiger partial charge in [-0.3, -0.25) is 10.2 Å². The molecule has 0 spiro atoms. The first-order valence-corrected chi connectivity index (χ1v) is 12.5. The van der Waals surface area contributed by atoms with Crippen LogP contribution in [0.3, 0.4) is 0 Å². The van der Waals surface area contributed by atoms with Crippen molar-refractivity contribution in [1.29, 1.82) is 5.41 Å². The Morgan fingerprint density at radius 3 is 2.58 bits per heavy atom. The van der Waals surface area contributed by atoms with Gasteiger partial charge in [0.15, 0.2) is 17.3 Å². The number of allylic oxidation sites excluding steroid dienone is 1. The number of hydrogen-bond donors (Lipinski definition) is 1. The molecule has 0 amide bonds. The maximum absolute atomic E-state index is 13.0. The van der Waals surface area contributed by atoms with Gasteiger partial charge in [0, 0.05) is 5.02 Å². The number of carbonyl (C=O) groups excluding carboxylic acids is 1. The number of aromatic nitrogens is 2. The lowest BCUT2D eigenvalue weighted by Crippen LogP contribution is -2.11. The Morgan fingerprint density at radius 2 is 1.88 bits per heavy atom. The Kier molecular flexibility index (Phi) is 7.47. The van der Waals surface area contributed by atoms with E-state index in [0.717, 1.165) is 22.6 Å². The number of ether oxygens (including phenoxy) is 2. The summed E-state index contributed by atoms with van der Waals surface area (Å²) >= 11 is 8.51. The van der Waals surface area contributed by atoms with Crippen molar-refractivity contribution in [2.45, 2.75) is 32.8 Å².